The maximum Gasteiger partial charge on any atom is 0.222 e. The van der Waals surface area contributed by atoms with Gasteiger partial charge < -0.3 is 15.6 Å². The Labute approximate surface area is 116 Å². The van der Waals surface area contributed by atoms with Gasteiger partial charge in [-0.15, -0.1) is 0 Å². The zero-order chi connectivity index (χ0) is 13.9. The Balaban J connectivity index is 1.90. The molecule has 0 saturated heterocycles. The molecule has 0 amide bonds. The highest BCUT2D eigenvalue weighted by Gasteiger charge is 2.04. The van der Waals surface area contributed by atoms with E-state index in [1.54, 1.807) is 12.4 Å². The number of fused-ring (bicyclic) bond motifs is 1. The summed E-state index contributed by atoms with van der Waals surface area (Å²) in [7, 11) is 1.98. The molecule has 1 aromatic carbocycles. The number of nitrogens with two attached hydrogens (primary N) is 1. The summed E-state index contributed by atoms with van der Waals surface area (Å²) in [5, 5.41) is 3.04. The molecule has 0 saturated carbocycles. The predicted octanol–water partition coefficient (Wildman–Crippen LogP) is 1.40. The lowest BCUT2D eigenvalue weighted by Gasteiger charge is -2.04. The van der Waals surface area contributed by atoms with Gasteiger partial charge in [0.2, 0.25) is 5.95 Å². The molecule has 20 heavy (non-hydrogen) atoms. The summed E-state index contributed by atoms with van der Waals surface area (Å²) in [5.41, 5.74) is 9.53. The second kappa shape index (κ2) is 5.26. The van der Waals surface area contributed by atoms with Crippen molar-refractivity contribution in [2.24, 2.45) is 12.8 Å². The maximum atomic E-state index is 5.43. The monoisotopic (exact) mass is 268 g/mol. The third-order valence-electron chi connectivity index (χ3n) is 3.14. The molecule has 3 aromatic rings. The molecule has 0 unspecified atom stereocenters. The molecule has 0 aliphatic rings. The standard InChI is InChI=1S/C14H16N6/c1-20-9-19-12-6-10(2-3-13(12)20)11-7-17-14(18-8-11)16-5-4-15/h2-3,6-9H,4-5,15H2,1H3,(H,16,17,18). The van der Waals surface area contributed by atoms with Crippen molar-refractivity contribution in [1.82, 2.24) is 19.5 Å². The highest BCUT2D eigenvalue weighted by atomic mass is 15.1. The maximum absolute atomic E-state index is 5.43. The van der Waals surface area contributed by atoms with Crippen molar-refractivity contribution in [1.29, 1.82) is 0 Å². The Morgan fingerprint density at radius 2 is 1.95 bits per heavy atom. The molecule has 3 N–H and O–H groups in total. The lowest BCUT2D eigenvalue weighted by molar-refractivity contribution is 0.948. The van der Waals surface area contributed by atoms with E-state index in [0.29, 0.717) is 19.0 Å². The van der Waals surface area contributed by atoms with Crippen LogP contribution in [0.15, 0.2) is 36.9 Å². The second-order valence-corrected chi connectivity index (χ2v) is 4.57. The molecule has 2 aromatic heterocycles. The summed E-state index contributed by atoms with van der Waals surface area (Å²) < 4.78 is 2.00. The molecular formula is C14H16N6. The number of hydrogen-bond acceptors (Lipinski definition) is 5. The van der Waals surface area contributed by atoms with Crippen LogP contribution >= 0.6 is 0 Å². The molecular weight excluding hydrogens is 252 g/mol. The number of aryl methyl sites for hydroxylation is 1. The summed E-state index contributed by atoms with van der Waals surface area (Å²) in [6.45, 7) is 1.22. The Hall–Kier alpha value is -2.47. The van der Waals surface area contributed by atoms with Crippen molar-refractivity contribution in [2.75, 3.05) is 18.4 Å². The number of anilines is 1. The van der Waals surface area contributed by atoms with E-state index in [1.165, 1.54) is 0 Å². The van der Waals surface area contributed by atoms with Gasteiger partial charge in [-0.2, -0.15) is 0 Å². The number of imidazole rings is 1. The Bertz CT molecular complexity index is 716. The van der Waals surface area contributed by atoms with E-state index in [2.05, 4.69) is 32.4 Å². The zero-order valence-corrected chi connectivity index (χ0v) is 11.2. The van der Waals surface area contributed by atoms with Gasteiger partial charge in [-0.25, -0.2) is 15.0 Å². The van der Waals surface area contributed by atoms with E-state index >= 15 is 0 Å². The molecule has 0 aliphatic heterocycles. The topological polar surface area (TPSA) is 81.7 Å². The largest absolute Gasteiger partial charge is 0.353 e. The lowest BCUT2D eigenvalue weighted by Crippen LogP contribution is -2.14. The van der Waals surface area contributed by atoms with Crippen LogP contribution < -0.4 is 11.1 Å². The first kappa shape index (κ1) is 12.6. The fourth-order valence-corrected chi connectivity index (χ4v) is 2.07. The third-order valence-corrected chi connectivity index (χ3v) is 3.14. The van der Waals surface area contributed by atoms with Crippen molar-refractivity contribution in [3.63, 3.8) is 0 Å². The van der Waals surface area contributed by atoms with Crippen molar-refractivity contribution in [2.45, 2.75) is 0 Å². The van der Waals surface area contributed by atoms with Gasteiger partial charge >= 0.3 is 0 Å². The van der Waals surface area contributed by atoms with Crippen LogP contribution in [0.5, 0.6) is 0 Å². The highest BCUT2D eigenvalue weighted by Crippen LogP contribution is 2.22. The number of nitrogens with zero attached hydrogens (tertiary/aromatic N) is 4. The fourth-order valence-electron chi connectivity index (χ4n) is 2.07. The molecule has 6 heteroatoms. The van der Waals surface area contributed by atoms with Crippen LogP contribution in [0.25, 0.3) is 22.2 Å². The normalized spacial score (nSPS) is 10.9. The SMILES string of the molecule is Cn1cnc2cc(-c3cnc(NCCN)nc3)ccc21. The first-order valence-electron chi connectivity index (χ1n) is 6.45. The third kappa shape index (κ3) is 2.33. The van der Waals surface area contributed by atoms with Gasteiger partial charge in [0.15, 0.2) is 0 Å². The lowest BCUT2D eigenvalue weighted by atomic mass is 10.1. The smallest absolute Gasteiger partial charge is 0.222 e. The summed E-state index contributed by atoms with van der Waals surface area (Å²) in [6, 6.07) is 6.15. The molecule has 0 fully saturated rings. The van der Waals surface area contributed by atoms with Crippen molar-refractivity contribution < 1.29 is 0 Å². The molecule has 2 heterocycles. The van der Waals surface area contributed by atoms with Gasteiger partial charge in [0, 0.05) is 38.1 Å². The molecule has 0 bridgehead atoms. The van der Waals surface area contributed by atoms with Crippen LogP contribution in [-0.2, 0) is 7.05 Å². The summed E-state index contributed by atoms with van der Waals surface area (Å²) in [4.78, 5) is 12.9. The van der Waals surface area contributed by atoms with Crippen molar-refractivity contribution in [3.05, 3.63) is 36.9 Å². The Kier molecular flexibility index (Phi) is 3.30. The van der Waals surface area contributed by atoms with Gasteiger partial charge in [0.05, 0.1) is 17.4 Å². The van der Waals surface area contributed by atoms with Gasteiger partial charge in [-0.3, -0.25) is 0 Å². The molecule has 0 radical (unpaired) electrons. The van der Waals surface area contributed by atoms with Gasteiger partial charge in [-0.05, 0) is 17.7 Å². The van der Waals surface area contributed by atoms with Crippen LogP contribution in [0.1, 0.15) is 0 Å². The van der Waals surface area contributed by atoms with Gasteiger partial charge in [0.25, 0.3) is 0 Å². The van der Waals surface area contributed by atoms with Crippen LogP contribution in [0.4, 0.5) is 5.95 Å². The highest BCUT2D eigenvalue weighted by molar-refractivity contribution is 5.81. The van der Waals surface area contributed by atoms with Gasteiger partial charge in [-0.1, -0.05) is 6.07 Å². The summed E-state index contributed by atoms with van der Waals surface area (Å²) >= 11 is 0. The fraction of sp³-hybridized carbons (Fsp3) is 0.214. The molecule has 6 nitrogen and oxygen atoms in total. The average Bonchev–Trinajstić information content (AvgIpc) is 2.86. The Morgan fingerprint density at radius 3 is 2.70 bits per heavy atom. The van der Waals surface area contributed by atoms with Crippen molar-refractivity contribution in [3.8, 4) is 11.1 Å². The molecule has 0 aliphatic carbocycles. The van der Waals surface area contributed by atoms with Crippen LogP contribution in [0, 0.1) is 0 Å². The number of nitrogens with one attached hydrogen (secondary N) is 1. The average molecular weight is 268 g/mol. The van der Waals surface area contributed by atoms with E-state index in [0.717, 1.165) is 22.2 Å². The summed E-state index contributed by atoms with van der Waals surface area (Å²) in [6.07, 6.45) is 5.41. The van der Waals surface area contributed by atoms with Crippen LogP contribution in [-0.4, -0.2) is 32.6 Å². The van der Waals surface area contributed by atoms with E-state index in [1.807, 2.05) is 24.0 Å². The van der Waals surface area contributed by atoms with Gasteiger partial charge in [0.1, 0.15) is 0 Å². The molecule has 102 valence electrons. The Morgan fingerprint density at radius 1 is 1.15 bits per heavy atom. The number of benzene rings is 1. The van der Waals surface area contributed by atoms with E-state index in [-0.39, 0.29) is 0 Å². The zero-order valence-electron chi connectivity index (χ0n) is 11.2. The summed E-state index contributed by atoms with van der Waals surface area (Å²) in [5.74, 6) is 0.595. The minimum atomic E-state index is 0.557. The predicted molar refractivity (Wildman–Crippen MR) is 79.3 cm³/mol. The molecule has 0 spiro atoms. The second-order valence-electron chi connectivity index (χ2n) is 4.57. The van der Waals surface area contributed by atoms with E-state index < -0.39 is 0 Å². The van der Waals surface area contributed by atoms with E-state index in [9.17, 15) is 0 Å². The quantitative estimate of drug-likeness (QED) is 0.747. The van der Waals surface area contributed by atoms with E-state index in [4.69, 9.17) is 5.73 Å². The molecule has 0 atom stereocenters. The minimum absolute atomic E-state index is 0.557. The number of hydrogen-bond donors (Lipinski definition) is 2. The first-order chi connectivity index (χ1) is 9.78. The van der Waals surface area contributed by atoms with Crippen molar-refractivity contribution >= 4 is 17.0 Å². The minimum Gasteiger partial charge on any atom is -0.353 e. The first-order valence-corrected chi connectivity index (χ1v) is 6.45. The molecule has 3 rings (SSSR count). The van der Waals surface area contributed by atoms with Crippen LogP contribution in [0.2, 0.25) is 0 Å². The number of rotatable bonds is 4. The van der Waals surface area contributed by atoms with Crippen LogP contribution in [0.3, 0.4) is 0 Å². The number of aromatic nitrogens is 4.